The third-order valence-corrected chi connectivity index (χ3v) is 3.82. The Morgan fingerprint density at radius 3 is 2.72 bits per heavy atom. The van der Waals surface area contributed by atoms with Crippen LogP contribution in [-0.4, -0.2) is 15.5 Å². The molecule has 2 aromatic rings. The molecule has 0 aliphatic carbocycles. The zero-order valence-corrected chi connectivity index (χ0v) is 11.6. The molecule has 1 aromatic heterocycles. The topological polar surface area (TPSA) is 34.9 Å². The largest absolute Gasteiger partial charge is 0.274 e. The van der Waals surface area contributed by atoms with E-state index in [9.17, 15) is 4.79 Å². The van der Waals surface area contributed by atoms with Crippen LogP contribution in [0.1, 0.15) is 13.8 Å². The molecule has 4 heteroatoms. The molecule has 1 atom stereocenters. The number of fused-ring (bicyclic) bond motifs is 1. The van der Waals surface area contributed by atoms with E-state index in [4.69, 9.17) is 0 Å². The fourth-order valence-corrected chi connectivity index (χ4v) is 2.50. The molecule has 0 fully saturated rings. The number of aromatic nitrogens is 2. The van der Waals surface area contributed by atoms with Crippen molar-refractivity contribution in [3.8, 4) is 0 Å². The maximum Gasteiger partial charge on any atom is 0.274 e. The number of benzene rings is 1. The maximum absolute atomic E-state index is 12.3. The molecule has 3 nitrogen and oxygen atoms in total. The Kier molecular flexibility index (Phi) is 4.07. The van der Waals surface area contributed by atoms with E-state index in [1.807, 2.05) is 24.3 Å². The Labute approximate surface area is 112 Å². The predicted molar refractivity (Wildman–Crippen MR) is 78.2 cm³/mol. The Hall–Kier alpha value is -1.29. The lowest BCUT2D eigenvalue weighted by Gasteiger charge is -2.18. The van der Waals surface area contributed by atoms with Crippen LogP contribution in [0.3, 0.4) is 0 Å². The van der Waals surface area contributed by atoms with Gasteiger partial charge in [0.1, 0.15) is 0 Å². The van der Waals surface area contributed by atoms with Gasteiger partial charge in [0.25, 0.3) is 5.56 Å². The van der Waals surface area contributed by atoms with Gasteiger partial charge >= 0.3 is 0 Å². The van der Waals surface area contributed by atoms with E-state index in [1.54, 1.807) is 10.9 Å². The van der Waals surface area contributed by atoms with Gasteiger partial charge in [0.2, 0.25) is 0 Å². The molecule has 0 spiro atoms. The summed E-state index contributed by atoms with van der Waals surface area (Å²) in [6.45, 7) is 4.92. The van der Waals surface area contributed by atoms with Gasteiger partial charge in [-0.3, -0.25) is 4.79 Å². The third-order valence-electron chi connectivity index (χ3n) is 3.35. The van der Waals surface area contributed by atoms with Crippen molar-refractivity contribution in [2.75, 3.05) is 5.75 Å². The highest BCUT2D eigenvalue weighted by Crippen LogP contribution is 2.14. The third kappa shape index (κ3) is 2.58. The second-order valence-corrected chi connectivity index (χ2v) is 5.27. The molecule has 1 heterocycles. The van der Waals surface area contributed by atoms with Crippen molar-refractivity contribution < 1.29 is 0 Å². The summed E-state index contributed by atoms with van der Waals surface area (Å²) in [5, 5.41) is 5.87. The van der Waals surface area contributed by atoms with Crippen LogP contribution in [0.2, 0.25) is 0 Å². The molecule has 0 bridgehead atoms. The minimum atomic E-state index is -0.0134. The maximum atomic E-state index is 12.3. The van der Waals surface area contributed by atoms with Gasteiger partial charge in [-0.05, 0) is 23.7 Å². The molecular weight excluding hydrogens is 244 g/mol. The van der Waals surface area contributed by atoms with Gasteiger partial charge in [-0.1, -0.05) is 32.0 Å². The average molecular weight is 262 g/mol. The van der Waals surface area contributed by atoms with Crippen LogP contribution in [0.5, 0.6) is 0 Å². The second kappa shape index (κ2) is 5.57. The van der Waals surface area contributed by atoms with Crippen LogP contribution in [0.25, 0.3) is 10.8 Å². The van der Waals surface area contributed by atoms with Crippen molar-refractivity contribution in [1.29, 1.82) is 0 Å². The van der Waals surface area contributed by atoms with Crippen molar-refractivity contribution in [2.24, 2.45) is 11.8 Å². The normalized spacial score (nSPS) is 13.1. The van der Waals surface area contributed by atoms with Gasteiger partial charge in [0.15, 0.2) is 0 Å². The number of rotatable bonds is 4. The summed E-state index contributed by atoms with van der Waals surface area (Å²) in [7, 11) is 0. The molecule has 0 N–H and O–H groups in total. The molecule has 0 saturated heterocycles. The lowest BCUT2D eigenvalue weighted by Crippen LogP contribution is -2.29. The summed E-state index contributed by atoms with van der Waals surface area (Å²) < 4.78 is 1.56. The molecule has 0 amide bonds. The highest BCUT2D eigenvalue weighted by atomic mass is 32.1. The Bertz CT molecular complexity index is 592. The summed E-state index contributed by atoms with van der Waals surface area (Å²) in [5.74, 6) is 1.61. The van der Waals surface area contributed by atoms with Gasteiger partial charge in [0.05, 0.1) is 11.6 Å². The summed E-state index contributed by atoms with van der Waals surface area (Å²) >= 11 is 4.35. The van der Waals surface area contributed by atoms with Crippen molar-refractivity contribution >= 4 is 23.4 Å². The first-order valence-corrected chi connectivity index (χ1v) is 6.82. The zero-order valence-electron chi connectivity index (χ0n) is 10.7. The van der Waals surface area contributed by atoms with Crippen LogP contribution < -0.4 is 5.56 Å². The lowest BCUT2D eigenvalue weighted by atomic mass is 9.98. The molecule has 0 aliphatic rings. The van der Waals surface area contributed by atoms with E-state index < -0.39 is 0 Å². The van der Waals surface area contributed by atoms with Crippen LogP contribution in [0.15, 0.2) is 35.3 Å². The van der Waals surface area contributed by atoms with Crippen molar-refractivity contribution in [1.82, 2.24) is 9.78 Å². The number of thiol groups is 1. The number of hydrogen-bond donors (Lipinski definition) is 1. The summed E-state index contributed by atoms with van der Waals surface area (Å²) in [6.07, 6.45) is 1.76. The second-order valence-electron chi connectivity index (χ2n) is 4.91. The smallest absolute Gasteiger partial charge is 0.267 e. The predicted octanol–water partition coefficient (Wildman–Crippen LogP) is 2.60. The van der Waals surface area contributed by atoms with Crippen LogP contribution >= 0.6 is 12.6 Å². The van der Waals surface area contributed by atoms with Crippen molar-refractivity contribution in [2.45, 2.75) is 20.4 Å². The van der Waals surface area contributed by atoms with Crippen LogP contribution in [0.4, 0.5) is 0 Å². The highest BCUT2D eigenvalue weighted by Gasteiger charge is 2.14. The van der Waals surface area contributed by atoms with Gasteiger partial charge < -0.3 is 0 Å². The van der Waals surface area contributed by atoms with E-state index in [-0.39, 0.29) is 5.56 Å². The SMILES string of the molecule is CC(C)C(CS)Cn1ncc2ccccc2c1=O. The molecule has 96 valence electrons. The van der Waals surface area contributed by atoms with Gasteiger partial charge in [0, 0.05) is 11.9 Å². The van der Waals surface area contributed by atoms with E-state index >= 15 is 0 Å². The summed E-state index contributed by atoms with van der Waals surface area (Å²) in [4.78, 5) is 12.3. The first kappa shape index (κ1) is 13.1. The zero-order chi connectivity index (χ0) is 13.1. The van der Waals surface area contributed by atoms with Crippen LogP contribution in [0, 0.1) is 11.8 Å². The van der Waals surface area contributed by atoms with Crippen molar-refractivity contribution in [3.63, 3.8) is 0 Å². The quantitative estimate of drug-likeness (QED) is 0.860. The summed E-state index contributed by atoms with van der Waals surface area (Å²) in [5.41, 5.74) is -0.0134. The Balaban J connectivity index is 2.40. The summed E-state index contributed by atoms with van der Waals surface area (Å²) in [6, 6.07) is 7.55. The Morgan fingerprint density at radius 2 is 2.06 bits per heavy atom. The minimum absolute atomic E-state index is 0.0134. The van der Waals surface area contributed by atoms with E-state index in [1.165, 1.54) is 0 Å². The molecule has 18 heavy (non-hydrogen) atoms. The highest BCUT2D eigenvalue weighted by molar-refractivity contribution is 7.80. The molecule has 1 aromatic carbocycles. The fourth-order valence-electron chi connectivity index (χ4n) is 1.96. The van der Waals surface area contributed by atoms with Crippen LogP contribution in [-0.2, 0) is 6.54 Å². The average Bonchev–Trinajstić information content (AvgIpc) is 2.38. The number of nitrogens with zero attached hydrogens (tertiary/aromatic N) is 2. The fraction of sp³-hybridized carbons (Fsp3) is 0.429. The number of hydrogen-bond acceptors (Lipinski definition) is 3. The molecule has 0 aliphatic heterocycles. The Morgan fingerprint density at radius 1 is 1.33 bits per heavy atom. The monoisotopic (exact) mass is 262 g/mol. The van der Waals surface area contributed by atoms with E-state index in [0.29, 0.717) is 18.4 Å². The van der Waals surface area contributed by atoms with Gasteiger partial charge in [-0.2, -0.15) is 17.7 Å². The molecular formula is C14H18N2OS. The molecule has 0 radical (unpaired) electrons. The standard InChI is InChI=1S/C14H18N2OS/c1-10(2)12(9-18)8-16-14(17)13-6-4-3-5-11(13)7-15-16/h3-7,10,12,18H,8-9H2,1-2H3. The molecule has 2 rings (SSSR count). The first-order valence-electron chi connectivity index (χ1n) is 6.19. The molecule has 0 saturated carbocycles. The molecule has 1 unspecified atom stereocenters. The lowest BCUT2D eigenvalue weighted by molar-refractivity contribution is 0.349. The first-order chi connectivity index (χ1) is 8.63. The minimum Gasteiger partial charge on any atom is -0.267 e. The van der Waals surface area contributed by atoms with Gasteiger partial charge in [-0.15, -0.1) is 0 Å². The van der Waals surface area contributed by atoms with Crippen molar-refractivity contribution in [3.05, 3.63) is 40.8 Å². The van der Waals surface area contributed by atoms with Gasteiger partial charge in [-0.25, -0.2) is 4.68 Å². The van der Waals surface area contributed by atoms with E-state index in [0.717, 1.165) is 16.5 Å². The van der Waals surface area contributed by atoms with E-state index in [2.05, 4.69) is 31.6 Å².